The van der Waals surface area contributed by atoms with E-state index in [9.17, 15) is 13.2 Å². The summed E-state index contributed by atoms with van der Waals surface area (Å²) in [6.45, 7) is 2.90. The minimum atomic E-state index is -3.00. The first-order valence-electron chi connectivity index (χ1n) is 7.60. The number of benzene rings is 1. The second kappa shape index (κ2) is 6.27. The summed E-state index contributed by atoms with van der Waals surface area (Å²) in [5.41, 5.74) is 0.892. The number of amides is 2. The number of hydrogen-bond acceptors (Lipinski definition) is 5. The number of rotatable bonds is 3. The molecule has 0 unspecified atom stereocenters. The second-order valence-corrected chi connectivity index (χ2v) is 8.07. The Morgan fingerprint density at radius 3 is 2.70 bits per heavy atom. The highest BCUT2D eigenvalue weighted by Crippen LogP contribution is 2.32. The van der Waals surface area contributed by atoms with E-state index < -0.39 is 9.84 Å². The second-order valence-electron chi connectivity index (χ2n) is 5.84. The van der Waals surface area contributed by atoms with Gasteiger partial charge in [0.05, 0.1) is 17.5 Å². The Hall–Kier alpha value is -1.96. The van der Waals surface area contributed by atoms with Crippen LogP contribution in [0.5, 0.6) is 11.5 Å². The molecule has 2 amide bonds. The van der Waals surface area contributed by atoms with E-state index in [0.29, 0.717) is 31.1 Å². The van der Waals surface area contributed by atoms with Crippen LogP contribution in [0.1, 0.15) is 24.9 Å². The molecule has 2 aliphatic heterocycles. The summed E-state index contributed by atoms with van der Waals surface area (Å²) in [7, 11) is -3.00. The zero-order valence-electron chi connectivity index (χ0n) is 12.9. The van der Waals surface area contributed by atoms with Crippen LogP contribution in [0.15, 0.2) is 18.2 Å². The topological polar surface area (TPSA) is 93.7 Å². The van der Waals surface area contributed by atoms with Gasteiger partial charge in [0.15, 0.2) is 21.3 Å². The zero-order chi connectivity index (χ0) is 16.4. The number of sulfone groups is 1. The average molecular weight is 340 g/mol. The van der Waals surface area contributed by atoms with Gasteiger partial charge in [0.25, 0.3) is 0 Å². The van der Waals surface area contributed by atoms with E-state index in [1.54, 1.807) is 0 Å². The lowest BCUT2D eigenvalue weighted by molar-refractivity contribution is 0.171. The number of nitrogens with one attached hydrogen (secondary N) is 2. The first-order valence-corrected chi connectivity index (χ1v) is 9.42. The van der Waals surface area contributed by atoms with Gasteiger partial charge < -0.3 is 20.1 Å². The monoisotopic (exact) mass is 340 g/mol. The third-order valence-electron chi connectivity index (χ3n) is 3.98. The van der Waals surface area contributed by atoms with Crippen LogP contribution in [0.2, 0.25) is 0 Å². The fourth-order valence-electron chi connectivity index (χ4n) is 2.75. The molecule has 2 atom stereocenters. The predicted molar refractivity (Wildman–Crippen MR) is 84.6 cm³/mol. The molecule has 2 N–H and O–H groups in total. The fraction of sp³-hybridized carbons (Fsp3) is 0.533. The molecule has 2 aliphatic rings. The summed E-state index contributed by atoms with van der Waals surface area (Å²) in [5.74, 6) is 1.52. The van der Waals surface area contributed by atoms with Gasteiger partial charge in [0.1, 0.15) is 13.2 Å². The van der Waals surface area contributed by atoms with Gasteiger partial charge in [-0.05, 0) is 31.0 Å². The maximum atomic E-state index is 12.0. The van der Waals surface area contributed by atoms with Crippen LogP contribution >= 0.6 is 0 Å². The lowest BCUT2D eigenvalue weighted by Gasteiger charge is -2.21. The molecule has 1 aromatic rings. The summed E-state index contributed by atoms with van der Waals surface area (Å²) in [5, 5.41) is 5.53. The molecule has 7 nitrogen and oxygen atoms in total. The van der Waals surface area contributed by atoms with Gasteiger partial charge in [-0.2, -0.15) is 0 Å². The number of fused-ring (bicyclic) bond motifs is 1. The molecular formula is C15H20N2O5S. The molecule has 0 aliphatic carbocycles. The van der Waals surface area contributed by atoms with Crippen molar-refractivity contribution in [1.82, 2.24) is 10.6 Å². The van der Waals surface area contributed by atoms with E-state index >= 15 is 0 Å². The lowest BCUT2D eigenvalue weighted by Crippen LogP contribution is -2.43. The Labute approximate surface area is 135 Å². The van der Waals surface area contributed by atoms with Gasteiger partial charge in [0, 0.05) is 6.04 Å². The molecule has 0 saturated carbocycles. The van der Waals surface area contributed by atoms with E-state index in [4.69, 9.17) is 9.47 Å². The SMILES string of the molecule is C[C@H](NC(=O)N[C@H]1CCS(=O)(=O)C1)c1ccc2c(c1)OCCO2. The predicted octanol–water partition coefficient (Wildman–Crippen LogP) is 1.01. The van der Waals surface area contributed by atoms with Crippen LogP contribution in [0.4, 0.5) is 4.79 Å². The summed E-state index contributed by atoms with van der Waals surface area (Å²) >= 11 is 0. The van der Waals surface area contributed by atoms with Gasteiger partial charge in [-0.25, -0.2) is 13.2 Å². The van der Waals surface area contributed by atoms with Crippen molar-refractivity contribution in [1.29, 1.82) is 0 Å². The van der Waals surface area contributed by atoms with Crippen LogP contribution in [0.3, 0.4) is 0 Å². The Bertz CT molecular complexity index is 704. The number of carbonyl (C=O) groups is 1. The third kappa shape index (κ3) is 3.87. The van der Waals surface area contributed by atoms with Gasteiger partial charge in [-0.15, -0.1) is 0 Å². The Balaban J connectivity index is 1.58. The average Bonchev–Trinajstić information content (AvgIpc) is 2.85. The molecule has 0 radical (unpaired) electrons. The molecule has 1 aromatic carbocycles. The van der Waals surface area contributed by atoms with Gasteiger partial charge in [0.2, 0.25) is 0 Å². The third-order valence-corrected chi connectivity index (χ3v) is 5.75. The van der Waals surface area contributed by atoms with Gasteiger partial charge >= 0.3 is 6.03 Å². The summed E-state index contributed by atoms with van der Waals surface area (Å²) in [4.78, 5) is 12.0. The van der Waals surface area contributed by atoms with E-state index in [-0.39, 0.29) is 29.6 Å². The highest BCUT2D eigenvalue weighted by Gasteiger charge is 2.29. The number of hydrogen-bond donors (Lipinski definition) is 2. The van der Waals surface area contributed by atoms with Crippen LogP contribution in [-0.2, 0) is 9.84 Å². The normalized spacial score (nSPS) is 23.1. The number of ether oxygens (including phenoxy) is 2. The molecule has 1 saturated heterocycles. The van der Waals surface area contributed by atoms with Crippen molar-refractivity contribution in [2.75, 3.05) is 24.7 Å². The molecule has 23 heavy (non-hydrogen) atoms. The standard InChI is InChI=1S/C15H20N2O5S/c1-10(11-2-3-13-14(8-11)22-6-5-21-13)16-15(18)17-12-4-7-23(19,20)9-12/h2-3,8,10,12H,4-7,9H2,1H3,(H2,16,17,18)/t10-,12-/m0/s1. The summed E-state index contributed by atoms with van der Waals surface area (Å²) in [6.07, 6.45) is 0.466. The van der Waals surface area contributed by atoms with E-state index in [0.717, 1.165) is 5.56 Å². The molecule has 8 heteroatoms. The molecule has 3 rings (SSSR count). The largest absolute Gasteiger partial charge is 0.486 e. The van der Waals surface area contributed by atoms with Crippen molar-refractivity contribution in [3.05, 3.63) is 23.8 Å². The number of carbonyl (C=O) groups excluding carboxylic acids is 1. The first-order chi connectivity index (χ1) is 10.9. The Kier molecular flexibility index (Phi) is 4.34. The maximum Gasteiger partial charge on any atom is 0.315 e. The lowest BCUT2D eigenvalue weighted by atomic mass is 10.1. The van der Waals surface area contributed by atoms with Crippen molar-refractivity contribution in [2.45, 2.75) is 25.4 Å². The van der Waals surface area contributed by atoms with Crippen LogP contribution in [0, 0.1) is 0 Å². The quantitative estimate of drug-likeness (QED) is 0.856. The van der Waals surface area contributed by atoms with Gasteiger partial charge in [-0.3, -0.25) is 0 Å². The van der Waals surface area contributed by atoms with Crippen LogP contribution < -0.4 is 20.1 Å². The molecule has 0 aromatic heterocycles. The van der Waals surface area contributed by atoms with Crippen LogP contribution in [-0.4, -0.2) is 45.2 Å². The number of urea groups is 1. The Morgan fingerprint density at radius 1 is 1.26 bits per heavy atom. The van der Waals surface area contributed by atoms with Crippen molar-refractivity contribution in [2.24, 2.45) is 0 Å². The van der Waals surface area contributed by atoms with Crippen molar-refractivity contribution in [3.63, 3.8) is 0 Å². The van der Waals surface area contributed by atoms with E-state index in [2.05, 4.69) is 10.6 Å². The molecule has 0 bridgehead atoms. The zero-order valence-corrected chi connectivity index (χ0v) is 13.7. The molecule has 0 spiro atoms. The van der Waals surface area contributed by atoms with Crippen molar-refractivity contribution < 1.29 is 22.7 Å². The molecular weight excluding hydrogens is 320 g/mol. The first kappa shape index (κ1) is 15.9. The highest BCUT2D eigenvalue weighted by molar-refractivity contribution is 7.91. The summed E-state index contributed by atoms with van der Waals surface area (Å²) in [6, 6.07) is 4.63. The minimum absolute atomic E-state index is 0.0127. The van der Waals surface area contributed by atoms with Gasteiger partial charge in [-0.1, -0.05) is 6.07 Å². The van der Waals surface area contributed by atoms with Crippen molar-refractivity contribution in [3.8, 4) is 11.5 Å². The maximum absolute atomic E-state index is 12.0. The molecule has 2 heterocycles. The molecule has 1 fully saturated rings. The smallest absolute Gasteiger partial charge is 0.315 e. The summed E-state index contributed by atoms with van der Waals surface area (Å²) < 4.78 is 33.8. The Morgan fingerprint density at radius 2 is 2.00 bits per heavy atom. The minimum Gasteiger partial charge on any atom is -0.486 e. The van der Waals surface area contributed by atoms with E-state index in [1.807, 2.05) is 25.1 Å². The highest BCUT2D eigenvalue weighted by atomic mass is 32.2. The fourth-order valence-corrected chi connectivity index (χ4v) is 4.42. The van der Waals surface area contributed by atoms with E-state index in [1.165, 1.54) is 0 Å². The van der Waals surface area contributed by atoms with Crippen LogP contribution in [0.25, 0.3) is 0 Å². The molecule has 126 valence electrons. The van der Waals surface area contributed by atoms with Crippen molar-refractivity contribution >= 4 is 15.9 Å².